The zero-order valence-electron chi connectivity index (χ0n) is 10.8. The molecule has 1 aromatic carbocycles. The Morgan fingerprint density at radius 3 is 2.79 bits per heavy atom. The highest BCUT2D eigenvalue weighted by atomic mass is 16.5. The van der Waals surface area contributed by atoms with Gasteiger partial charge >= 0.3 is 0 Å². The number of aromatic nitrogens is 1. The molecule has 19 heavy (non-hydrogen) atoms. The molecule has 2 aromatic rings. The number of hydrogen-bond donors (Lipinski definition) is 1. The van der Waals surface area contributed by atoms with Crippen LogP contribution in [-0.4, -0.2) is 11.1 Å². The summed E-state index contributed by atoms with van der Waals surface area (Å²) in [5.74, 6) is 0.666. The van der Waals surface area contributed by atoms with Gasteiger partial charge in [0.1, 0.15) is 11.4 Å². The minimum Gasteiger partial charge on any atom is -0.489 e. The maximum absolute atomic E-state index is 10.7. The average Bonchev–Trinajstić information content (AvgIpc) is 2.39. The molecule has 0 radical (unpaired) electrons. The van der Waals surface area contributed by atoms with Gasteiger partial charge in [-0.05, 0) is 42.8 Å². The molecule has 0 unspecified atom stereocenters. The lowest BCUT2D eigenvalue weighted by Gasteiger charge is -2.14. The number of nitrogens with two attached hydrogens (primary N) is 1. The summed E-state index contributed by atoms with van der Waals surface area (Å²) in [6.07, 6.45) is 3.37. The fourth-order valence-electron chi connectivity index (χ4n) is 1.76. The van der Waals surface area contributed by atoms with Gasteiger partial charge in [0.15, 0.2) is 0 Å². The first-order chi connectivity index (χ1) is 9.11. The first-order valence-electron chi connectivity index (χ1n) is 5.95. The van der Waals surface area contributed by atoms with E-state index in [1.165, 1.54) is 0 Å². The Labute approximate surface area is 111 Å². The molecule has 5 heteroatoms. The molecular weight excluding hydrogens is 242 g/mol. The molecule has 0 aliphatic carbocycles. The average molecular weight is 257 g/mol. The van der Waals surface area contributed by atoms with Gasteiger partial charge in [0.05, 0.1) is 18.0 Å². The van der Waals surface area contributed by atoms with Crippen molar-refractivity contribution in [1.29, 1.82) is 0 Å². The number of pyridine rings is 1. The van der Waals surface area contributed by atoms with Gasteiger partial charge in [0.2, 0.25) is 0 Å². The highest BCUT2D eigenvalue weighted by molar-refractivity contribution is 5.77. The normalized spacial score (nSPS) is 10.5. The van der Waals surface area contributed by atoms with Gasteiger partial charge in [-0.2, -0.15) is 0 Å². The molecule has 1 aromatic heterocycles. The van der Waals surface area contributed by atoms with Crippen molar-refractivity contribution < 1.29 is 4.74 Å². The number of rotatable bonds is 4. The number of nitrogens with zero attached hydrogens (tertiary/aromatic N) is 2. The molecular formula is C14H15N3O2. The fourth-order valence-corrected chi connectivity index (χ4v) is 1.76. The summed E-state index contributed by atoms with van der Waals surface area (Å²) in [6.45, 7) is 3.89. The van der Waals surface area contributed by atoms with Gasteiger partial charge in [0.25, 0.3) is 0 Å². The smallest absolute Gasteiger partial charge is 0.145 e. The van der Waals surface area contributed by atoms with Crippen LogP contribution in [0.25, 0.3) is 11.1 Å². The van der Waals surface area contributed by atoms with E-state index in [-0.39, 0.29) is 11.8 Å². The van der Waals surface area contributed by atoms with Gasteiger partial charge in [-0.3, -0.25) is 4.98 Å². The summed E-state index contributed by atoms with van der Waals surface area (Å²) >= 11 is 0. The van der Waals surface area contributed by atoms with Crippen molar-refractivity contribution in [2.24, 2.45) is 5.18 Å². The van der Waals surface area contributed by atoms with Gasteiger partial charge in [-0.25, -0.2) is 0 Å². The van der Waals surface area contributed by atoms with Crippen LogP contribution in [0.2, 0.25) is 0 Å². The van der Waals surface area contributed by atoms with E-state index in [4.69, 9.17) is 10.5 Å². The summed E-state index contributed by atoms with van der Waals surface area (Å²) in [6, 6.07) is 6.96. The highest BCUT2D eigenvalue weighted by Crippen LogP contribution is 2.34. The van der Waals surface area contributed by atoms with Crippen LogP contribution in [0.3, 0.4) is 0 Å². The molecule has 0 aliphatic heterocycles. The van der Waals surface area contributed by atoms with Crippen LogP contribution < -0.4 is 10.5 Å². The summed E-state index contributed by atoms with van der Waals surface area (Å²) in [7, 11) is 0. The first kappa shape index (κ1) is 13.0. The van der Waals surface area contributed by atoms with Gasteiger partial charge in [0, 0.05) is 11.8 Å². The van der Waals surface area contributed by atoms with Crippen LogP contribution in [-0.2, 0) is 0 Å². The van der Waals surface area contributed by atoms with Crippen molar-refractivity contribution in [2.75, 3.05) is 5.73 Å². The molecule has 2 rings (SSSR count). The second-order valence-corrected chi connectivity index (χ2v) is 4.40. The second kappa shape index (κ2) is 5.48. The predicted molar refractivity (Wildman–Crippen MR) is 75.3 cm³/mol. The standard InChI is InChI=1S/C14H15N3O2/c1-9(2)19-14-8-16-6-5-11(14)10-3-4-12(15)13(7-10)17-18/h3-9H,15H2,1-2H3. The monoisotopic (exact) mass is 257 g/mol. The molecule has 1 heterocycles. The van der Waals surface area contributed by atoms with Crippen molar-refractivity contribution in [3.8, 4) is 16.9 Å². The Morgan fingerprint density at radius 2 is 2.11 bits per heavy atom. The van der Waals surface area contributed by atoms with Crippen LogP contribution in [0, 0.1) is 4.91 Å². The van der Waals surface area contributed by atoms with Crippen LogP contribution in [0.5, 0.6) is 5.75 Å². The topological polar surface area (TPSA) is 77.6 Å². The quantitative estimate of drug-likeness (QED) is 0.671. The van der Waals surface area contributed by atoms with Crippen LogP contribution in [0.1, 0.15) is 13.8 Å². The van der Waals surface area contributed by atoms with Gasteiger partial charge < -0.3 is 10.5 Å². The maximum atomic E-state index is 10.7. The Balaban J connectivity index is 2.49. The maximum Gasteiger partial charge on any atom is 0.145 e. The molecule has 0 saturated heterocycles. The highest BCUT2D eigenvalue weighted by Gasteiger charge is 2.10. The minimum atomic E-state index is 0.0420. The van der Waals surface area contributed by atoms with E-state index in [1.54, 1.807) is 24.5 Å². The molecule has 5 nitrogen and oxygen atoms in total. The third-order valence-electron chi connectivity index (χ3n) is 2.59. The van der Waals surface area contributed by atoms with Crippen LogP contribution >= 0.6 is 0 Å². The van der Waals surface area contributed by atoms with E-state index in [0.717, 1.165) is 11.1 Å². The van der Waals surface area contributed by atoms with Crippen LogP contribution in [0.15, 0.2) is 41.8 Å². The van der Waals surface area contributed by atoms with E-state index >= 15 is 0 Å². The largest absolute Gasteiger partial charge is 0.489 e. The molecule has 0 atom stereocenters. The lowest BCUT2D eigenvalue weighted by molar-refractivity contribution is 0.242. The van der Waals surface area contributed by atoms with E-state index < -0.39 is 0 Å². The third-order valence-corrected chi connectivity index (χ3v) is 2.59. The zero-order valence-corrected chi connectivity index (χ0v) is 10.8. The molecule has 0 bridgehead atoms. The molecule has 2 N–H and O–H groups in total. The van der Waals surface area contributed by atoms with Gasteiger partial charge in [-0.1, -0.05) is 6.07 Å². The zero-order chi connectivity index (χ0) is 13.8. The molecule has 98 valence electrons. The predicted octanol–water partition coefficient (Wildman–Crippen LogP) is 3.52. The van der Waals surface area contributed by atoms with Crippen molar-refractivity contribution in [3.05, 3.63) is 41.6 Å². The minimum absolute atomic E-state index is 0.0420. The molecule has 0 aliphatic rings. The SMILES string of the molecule is CC(C)Oc1cnccc1-c1ccc(N)c(N=O)c1. The Bertz CT molecular complexity index is 597. The van der Waals surface area contributed by atoms with Crippen molar-refractivity contribution in [2.45, 2.75) is 20.0 Å². The summed E-state index contributed by atoms with van der Waals surface area (Å²) in [5.41, 5.74) is 7.92. The molecule has 0 fully saturated rings. The van der Waals surface area contributed by atoms with E-state index in [1.807, 2.05) is 26.0 Å². The molecule has 0 saturated carbocycles. The van der Waals surface area contributed by atoms with E-state index in [0.29, 0.717) is 11.4 Å². The molecule has 0 amide bonds. The summed E-state index contributed by atoms with van der Waals surface area (Å²) in [5, 5.41) is 2.92. The number of anilines is 1. The number of nitrogen functional groups attached to an aromatic ring is 1. The van der Waals surface area contributed by atoms with Crippen LogP contribution in [0.4, 0.5) is 11.4 Å². The van der Waals surface area contributed by atoms with Crippen molar-refractivity contribution >= 4 is 11.4 Å². The number of benzene rings is 1. The summed E-state index contributed by atoms with van der Waals surface area (Å²) < 4.78 is 5.70. The number of hydrogen-bond acceptors (Lipinski definition) is 5. The van der Waals surface area contributed by atoms with Gasteiger partial charge in [-0.15, -0.1) is 4.91 Å². The Kier molecular flexibility index (Phi) is 3.75. The van der Waals surface area contributed by atoms with E-state index in [9.17, 15) is 4.91 Å². The van der Waals surface area contributed by atoms with Crippen molar-refractivity contribution in [1.82, 2.24) is 4.98 Å². The second-order valence-electron chi connectivity index (χ2n) is 4.40. The number of ether oxygens (including phenoxy) is 1. The Hall–Kier alpha value is -2.43. The lowest BCUT2D eigenvalue weighted by Crippen LogP contribution is -2.06. The van der Waals surface area contributed by atoms with E-state index in [2.05, 4.69) is 10.2 Å². The summed E-state index contributed by atoms with van der Waals surface area (Å²) in [4.78, 5) is 14.7. The third kappa shape index (κ3) is 2.88. The molecule has 0 spiro atoms. The van der Waals surface area contributed by atoms with Crippen molar-refractivity contribution in [3.63, 3.8) is 0 Å². The Morgan fingerprint density at radius 1 is 1.32 bits per heavy atom. The lowest BCUT2D eigenvalue weighted by atomic mass is 10.0. The first-order valence-corrected chi connectivity index (χ1v) is 5.95. The number of nitroso groups, excluding NO2 is 1. The fraction of sp³-hybridized carbons (Fsp3) is 0.214.